The smallest absolute Gasteiger partial charge is 0.152 e. The summed E-state index contributed by atoms with van der Waals surface area (Å²) in [5, 5.41) is 7.51. The number of benzene rings is 7. The van der Waals surface area contributed by atoms with Crippen LogP contribution in [0.1, 0.15) is 0 Å². The fraction of sp³-hybridized carbons (Fsp3) is 0. The molecule has 9 aromatic rings. The van der Waals surface area contributed by atoms with Gasteiger partial charge in [0.05, 0.1) is 27.8 Å². The van der Waals surface area contributed by atoms with Crippen molar-refractivity contribution < 1.29 is 4.74 Å². The zero-order valence-corrected chi connectivity index (χ0v) is 23.2. The lowest BCUT2D eigenvalue weighted by Gasteiger charge is -2.20. The standard InChI is InChI=1S/C40H24N2O/c1-2-9-29-26(8-1)18-22-32-30-10-3-4-12-34(30)41(39(29)32)28-20-16-25(17-21-28)27-19-23-35-33(24-27)31-11-7-15-38-40(31)42(35)36-13-5-6-14-37(36)43-38/h1-24H. The molecule has 0 aliphatic carbocycles. The summed E-state index contributed by atoms with van der Waals surface area (Å²) < 4.78 is 11.1. The van der Waals surface area contributed by atoms with E-state index < -0.39 is 0 Å². The second kappa shape index (κ2) is 8.37. The normalized spacial score (nSPS) is 12.4. The molecular formula is C40H24N2O. The Morgan fingerprint density at radius 2 is 1.09 bits per heavy atom. The van der Waals surface area contributed by atoms with Crippen molar-refractivity contribution in [2.24, 2.45) is 0 Å². The first-order chi connectivity index (χ1) is 21.3. The van der Waals surface area contributed by atoms with Gasteiger partial charge in [0.15, 0.2) is 11.5 Å². The molecule has 1 aliphatic rings. The molecule has 7 aromatic carbocycles. The van der Waals surface area contributed by atoms with Crippen LogP contribution in [0.25, 0.3) is 76.9 Å². The Balaban J connectivity index is 1.16. The Morgan fingerprint density at radius 3 is 2.02 bits per heavy atom. The first kappa shape index (κ1) is 22.8. The van der Waals surface area contributed by atoms with Crippen molar-refractivity contribution in [2.75, 3.05) is 0 Å². The van der Waals surface area contributed by atoms with E-state index in [0.717, 1.165) is 28.4 Å². The minimum atomic E-state index is 0.887. The van der Waals surface area contributed by atoms with Gasteiger partial charge < -0.3 is 13.9 Å². The van der Waals surface area contributed by atoms with Crippen LogP contribution in [-0.4, -0.2) is 9.13 Å². The molecule has 0 fully saturated rings. The van der Waals surface area contributed by atoms with Crippen LogP contribution in [-0.2, 0) is 0 Å². The summed E-state index contributed by atoms with van der Waals surface area (Å²) in [6.45, 7) is 0. The van der Waals surface area contributed by atoms with Crippen LogP contribution in [0.4, 0.5) is 0 Å². The van der Waals surface area contributed by atoms with Gasteiger partial charge in [0, 0.05) is 32.6 Å². The van der Waals surface area contributed by atoms with E-state index in [9.17, 15) is 0 Å². The molecule has 0 bridgehead atoms. The number of nitrogens with zero attached hydrogens (tertiary/aromatic N) is 2. The van der Waals surface area contributed by atoms with Crippen molar-refractivity contribution in [1.82, 2.24) is 9.13 Å². The summed E-state index contributed by atoms with van der Waals surface area (Å²) in [5.74, 6) is 1.79. The number of hydrogen-bond donors (Lipinski definition) is 0. The van der Waals surface area contributed by atoms with Crippen LogP contribution < -0.4 is 4.74 Å². The number of ether oxygens (including phenoxy) is 1. The molecule has 2 aromatic heterocycles. The topological polar surface area (TPSA) is 19.1 Å². The van der Waals surface area contributed by atoms with Crippen LogP contribution in [0.15, 0.2) is 146 Å². The van der Waals surface area contributed by atoms with E-state index in [1.165, 1.54) is 60.0 Å². The third-order valence-electron chi connectivity index (χ3n) is 9.09. The van der Waals surface area contributed by atoms with E-state index in [4.69, 9.17) is 4.74 Å². The number of hydrogen-bond acceptors (Lipinski definition) is 1. The van der Waals surface area contributed by atoms with Crippen LogP contribution in [0.2, 0.25) is 0 Å². The predicted octanol–water partition coefficient (Wildman–Crippen LogP) is 10.8. The van der Waals surface area contributed by atoms with Gasteiger partial charge in [-0.1, -0.05) is 97.1 Å². The first-order valence-corrected chi connectivity index (χ1v) is 14.7. The Labute approximate surface area is 247 Å². The quantitative estimate of drug-likeness (QED) is 0.210. The van der Waals surface area contributed by atoms with E-state index in [2.05, 4.69) is 143 Å². The zero-order chi connectivity index (χ0) is 28.1. The maximum absolute atomic E-state index is 6.31. The molecule has 1 aliphatic heterocycles. The van der Waals surface area contributed by atoms with E-state index in [0.29, 0.717) is 0 Å². The third-order valence-corrected chi connectivity index (χ3v) is 9.09. The number of rotatable bonds is 2. The lowest BCUT2D eigenvalue weighted by atomic mass is 10.0. The van der Waals surface area contributed by atoms with Crippen molar-refractivity contribution in [1.29, 1.82) is 0 Å². The molecule has 0 unspecified atom stereocenters. The van der Waals surface area contributed by atoms with Gasteiger partial charge in [-0.05, 0) is 65.0 Å². The highest BCUT2D eigenvalue weighted by molar-refractivity contribution is 6.18. The molecule has 0 atom stereocenters. The summed E-state index contributed by atoms with van der Waals surface area (Å²) in [4.78, 5) is 0. The third kappa shape index (κ3) is 3.08. The SMILES string of the molecule is c1ccc2c(c1)Oc1cccc3c4cc(-c5ccc(-n6c7ccccc7c7ccc8ccccc8c76)cc5)ccc4n-2c13. The van der Waals surface area contributed by atoms with Crippen LogP contribution in [0.5, 0.6) is 11.5 Å². The largest absolute Gasteiger partial charge is 0.453 e. The molecule has 200 valence electrons. The summed E-state index contributed by atoms with van der Waals surface area (Å²) in [6, 6.07) is 52.4. The Bertz CT molecular complexity index is 2580. The fourth-order valence-electron chi connectivity index (χ4n) is 7.20. The molecule has 3 heterocycles. The van der Waals surface area contributed by atoms with Gasteiger partial charge in [0.25, 0.3) is 0 Å². The average Bonchev–Trinajstić information content (AvgIpc) is 3.59. The summed E-state index contributed by atoms with van der Waals surface area (Å²) in [7, 11) is 0. The van der Waals surface area contributed by atoms with E-state index in [-0.39, 0.29) is 0 Å². The summed E-state index contributed by atoms with van der Waals surface area (Å²) >= 11 is 0. The monoisotopic (exact) mass is 548 g/mol. The second-order valence-electron chi connectivity index (χ2n) is 11.4. The number of para-hydroxylation sites is 4. The van der Waals surface area contributed by atoms with Gasteiger partial charge in [-0.15, -0.1) is 0 Å². The molecule has 3 nitrogen and oxygen atoms in total. The summed E-state index contributed by atoms with van der Waals surface area (Å²) in [6.07, 6.45) is 0. The molecular weight excluding hydrogens is 524 g/mol. The molecule has 3 heteroatoms. The Kier molecular flexibility index (Phi) is 4.45. The molecule has 0 saturated carbocycles. The van der Waals surface area contributed by atoms with Crippen LogP contribution in [0.3, 0.4) is 0 Å². The molecule has 0 spiro atoms. The zero-order valence-electron chi connectivity index (χ0n) is 23.2. The number of fused-ring (bicyclic) bond motifs is 10. The van der Waals surface area contributed by atoms with Crippen LogP contribution in [0, 0.1) is 0 Å². The molecule has 0 amide bonds. The Hall–Kier alpha value is -5.80. The predicted molar refractivity (Wildman–Crippen MR) is 178 cm³/mol. The lowest BCUT2D eigenvalue weighted by molar-refractivity contribution is 0.476. The highest BCUT2D eigenvalue weighted by Gasteiger charge is 2.23. The molecule has 0 saturated heterocycles. The average molecular weight is 549 g/mol. The van der Waals surface area contributed by atoms with Crippen molar-refractivity contribution >= 4 is 54.4 Å². The first-order valence-electron chi connectivity index (χ1n) is 14.7. The maximum atomic E-state index is 6.31. The van der Waals surface area contributed by atoms with Gasteiger partial charge in [-0.2, -0.15) is 0 Å². The Morgan fingerprint density at radius 1 is 0.395 bits per heavy atom. The van der Waals surface area contributed by atoms with E-state index >= 15 is 0 Å². The van der Waals surface area contributed by atoms with Crippen molar-refractivity contribution in [3.05, 3.63) is 146 Å². The van der Waals surface area contributed by atoms with E-state index in [1.54, 1.807) is 0 Å². The van der Waals surface area contributed by atoms with Crippen LogP contribution >= 0.6 is 0 Å². The highest BCUT2D eigenvalue weighted by Crippen LogP contribution is 2.46. The van der Waals surface area contributed by atoms with E-state index in [1.807, 2.05) is 12.1 Å². The maximum Gasteiger partial charge on any atom is 0.152 e. The molecule has 0 radical (unpaired) electrons. The van der Waals surface area contributed by atoms with Gasteiger partial charge >= 0.3 is 0 Å². The minimum absolute atomic E-state index is 0.887. The van der Waals surface area contributed by atoms with Crippen molar-refractivity contribution in [2.45, 2.75) is 0 Å². The van der Waals surface area contributed by atoms with Gasteiger partial charge in [0.2, 0.25) is 0 Å². The van der Waals surface area contributed by atoms with Gasteiger partial charge in [-0.3, -0.25) is 0 Å². The summed E-state index contributed by atoms with van der Waals surface area (Å²) in [5.41, 5.74) is 9.43. The van der Waals surface area contributed by atoms with Gasteiger partial charge in [0.1, 0.15) is 0 Å². The second-order valence-corrected chi connectivity index (χ2v) is 11.4. The molecule has 43 heavy (non-hydrogen) atoms. The number of aromatic nitrogens is 2. The van der Waals surface area contributed by atoms with Crippen molar-refractivity contribution in [3.8, 4) is 34.0 Å². The lowest BCUT2D eigenvalue weighted by Crippen LogP contribution is -2.03. The van der Waals surface area contributed by atoms with Crippen molar-refractivity contribution in [3.63, 3.8) is 0 Å². The highest BCUT2D eigenvalue weighted by atomic mass is 16.5. The molecule has 10 rings (SSSR count). The minimum Gasteiger partial charge on any atom is -0.453 e. The molecule has 0 N–H and O–H groups in total. The van der Waals surface area contributed by atoms with Gasteiger partial charge in [-0.25, -0.2) is 0 Å². The fourth-order valence-corrected chi connectivity index (χ4v) is 7.20.